The van der Waals surface area contributed by atoms with E-state index in [4.69, 9.17) is 9.47 Å². The standard InChI is InChI=1S/C24H27N3O4/c1-3-22(24(29)30-15-18-8-5-4-6-9-18)20(12-21-14-26-17-27(21)2)16-31-23(28)19-10-7-11-25-13-19/h4-11,13-14,17,20,22H,3,12,15-16H2,1-2H3. The number of esters is 2. The molecule has 31 heavy (non-hydrogen) atoms. The minimum Gasteiger partial charge on any atom is -0.462 e. The van der Waals surface area contributed by atoms with Gasteiger partial charge >= 0.3 is 11.9 Å². The molecule has 0 amide bonds. The second-order valence-corrected chi connectivity index (χ2v) is 7.41. The Hall–Kier alpha value is -3.48. The number of pyridine rings is 1. The van der Waals surface area contributed by atoms with Gasteiger partial charge in [-0.3, -0.25) is 9.78 Å². The van der Waals surface area contributed by atoms with Crippen LogP contribution in [0.3, 0.4) is 0 Å². The minimum absolute atomic E-state index is 0.0951. The van der Waals surface area contributed by atoms with Crippen molar-refractivity contribution in [2.45, 2.75) is 26.4 Å². The molecule has 7 nitrogen and oxygen atoms in total. The van der Waals surface area contributed by atoms with Gasteiger partial charge in [0.15, 0.2) is 0 Å². The second-order valence-electron chi connectivity index (χ2n) is 7.41. The number of aromatic nitrogens is 3. The summed E-state index contributed by atoms with van der Waals surface area (Å²) in [5.41, 5.74) is 2.26. The second kappa shape index (κ2) is 11.1. The molecule has 2 atom stereocenters. The van der Waals surface area contributed by atoms with Crippen molar-refractivity contribution in [1.82, 2.24) is 14.5 Å². The summed E-state index contributed by atoms with van der Waals surface area (Å²) in [6.07, 6.45) is 7.64. The molecule has 0 saturated heterocycles. The van der Waals surface area contributed by atoms with E-state index in [0.717, 1.165) is 11.3 Å². The average Bonchev–Trinajstić information content (AvgIpc) is 3.21. The molecule has 3 aromatic rings. The first-order valence-corrected chi connectivity index (χ1v) is 10.3. The molecule has 0 spiro atoms. The van der Waals surface area contributed by atoms with Crippen LogP contribution in [0.5, 0.6) is 0 Å². The smallest absolute Gasteiger partial charge is 0.339 e. The van der Waals surface area contributed by atoms with E-state index < -0.39 is 11.9 Å². The van der Waals surface area contributed by atoms with E-state index in [1.165, 1.54) is 6.20 Å². The summed E-state index contributed by atoms with van der Waals surface area (Å²) < 4.78 is 13.1. The fourth-order valence-corrected chi connectivity index (χ4v) is 3.45. The van der Waals surface area contributed by atoms with Gasteiger partial charge in [0.1, 0.15) is 6.61 Å². The third-order valence-corrected chi connectivity index (χ3v) is 5.25. The first-order chi connectivity index (χ1) is 15.1. The van der Waals surface area contributed by atoms with Crippen LogP contribution in [0.1, 0.15) is 35.0 Å². The fourth-order valence-electron chi connectivity index (χ4n) is 3.45. The summed E-state index contributed by atoms with van der Waals surface area (Å²) in [7, 11) is 1.90. The highest BCUT2D eigenvalue weighted by Crippen LogP contribution is 2.24. The number of carbonyl (C=O) groups is 2. The SMILES string of the molecule is CCC(C(=O)OCc1ccccc1)C(COC(=O)c1cccnc1)Cc1cncn1C. The van der Waals surface area contributed by atoms with Crippen LogP contribution in [0, 0.1) is 11.8 Å². The molecule has 0 aliphatic rings. The van der Waals surface area contributed by atoms with Crippen molar-refractivity contribution in [3.05, 3.63) is 84.2 Å². The Bertz CT molecular complexity index is 973. The molecule has 1 aromatic carbocycles. The number of rotatable bonds is 10. The lowest BCUT2D eigenvalue weighted by Crippen LogP contribution is -2.31. The first kappa shape index (κ1) is 22.2. The van der Waals surface area contributed by atoms with Crippen LogP contribution >= 0.6 is 0 Å². The minimum atomic E-state index is -0.462. The predicted octanol–water partition coefficient (Wildman–Crippen LogP) is 3.60. The van der Waals surface area contributed by atoms with E-state index in [-0.39, 0.29) is 25.1 Å². The summed E-state index contributed by atoms with van der Waals surface area (Å²) >= 11 is 0. The van der Waals surface area contributed by atoms with Gasteiger partial charge in [-0.25, -0.2) is 9.78 Å². The Morgan fingerprint density at radius 1 is 1.03 bits per heavy atom. The summed E-state index contributed by atoms with van der Waals surface area (Å²) in [5, 5.41) is 0. The van der Waals surface area contributed by atoms with Gasteiger partial charge in [0.25, 0.3) is 0 Å². The molecule has 0 saturated carbocycles. The van der Waals surface area contributed by atoms with Crippen molar-refractivity contribution in [2.75, 3.05) is 6.61 Å². The van der Waals surface area contributed by atoms with E-state index in [2.05, 4.69) is 9.97 Å². The van der Waals surface area contributed by atoms with E-state index >= 15 is 0 Å². The average molecular weight is 421 g/mol. The molecular weight excluding hydrogens is 394 g/mol. The highest BCUT2D eigenvalue weighted by atomic mass is 16.5. The van der Waals surface area contributed by atoms with Crippen LogP contribution < -0.4 is 0 Å². The number of ether oxygens (including phenoxy) is 2. The van der Waals surface area contributed by atoms with Crippen molar-refractivity contribution in [2.24, 2.45) is 18.9 Å². The van der Waals surface area contributed by atoms with E-state index in [9.17, 15) is 9.59 Å². The molecule has 2 aromatic heterocycles. The van der Waals surface area contributed by atoms with E-state index in [1.807, 2.05) is 48.9 Å². The van der Waals surface area contributed by atoms with Crippen molar-refractivity contribution in [3.8, 4) is 0 Å². The third kappa shape index (κ3) is 6.25. The van der Waals surface area contributed by atoms with Crippen LogP contribution in [0.2, 0.25) is 0 Å². The lowest BCUT2D eigenvalue weighted by atomic mass is 9.87. The predicted molar refractivity (Wildman–Crippen MR) is 115 cm³/mol. The van der Waals surface area contributed by atoms with Crippen LogP contribution in [-0.2, 0) is 34.3 Å². The summed E-state index contributed by atoms with van der Waals surface area (Å²) in [6, 6.07) is 12.9. The number of carbonyl (C=O) groups excluding carboxylic acids is 2. The molecule has 2 unspecified atom stereocenters. The molecule has 0 aliphatic heterocycles. The highest BCUT2D eigenvalue weighted by Gasteiger charge is 2.30. The van der Waals surface area contributed by atoms with Gasteiger partial charge in [-0.05, 0) is 30.5 Å². The maximum atomic E-state index is 12.9. The Morgan fingerprint density at radius 3 is 2.48 bits per heavy atom. The zero-order valence-electron chi connectivity index (χ0n) is 17.8. The number of hydrogen-bond acceptors (Lipinski definition) is 6. The molecule has 3 rings (SSSR count). The van der Waals surface area contributed by atoms with Gasteiger partial charge in [-0.1, -0.05) is 37.3 Å². The molecule has 7 heteroatoms. The third-order valence-electron chi connectivity index (χ3n) is 5.25. The molecule has 0 radical (unpaired) electrons. The Morgan fingerprint density at radius 2 is 1.84 bits per heavy atom. The number of nitrogens with zero attached hydrogens (tertiary/aromatic N) is 3. The molecule has 0 fully saturated rings. The Labute approximate surface area is 182 Å². The van der Waals surface area contributed by atoms with Gasteiger partial charge in [0.05, 0.1) is 24.4 Å². The molecule has 162 valence electrons. The summed E-state index contributed by atoms with van der Waals surface area (Å²) in [5.74, 6) is -1.42. The van der Waals surface area contributed by atoms with Crippen molar-refractivity contribution in [1.29, 1.82) is 0 Å². The topological polar surface area (TPSA) is 83.3 Å². The number of aryl methyl sites for hydroxylation is 1. The first-order valence-electron chi connectivity index (χ1n) is 10.3. The van der Waals surface area contributed by atoms with Gasteiger partial charge in [0.2, 0.25) is 0 Å². The van der Waals surface area contributed by atoms with Gasteiger partial charge in [0, 0.05) is 37.3 Å². The van der Waals surface area contributed by atoms with Crippen molar-refractivity contribution in [3.63, 3.8) is 0 Å². The fraction of sp³-hybridized carbons (Fsp3) is 0.333. The largest absolute Gasteiger partial charge is 0.462 e. The Balaban J connectivity index is 1.70. The zero-order valence-corrected chi connectivity index (χ0v) is 17.8. The highest BCUT2D eigenvalue weighted by molar-refractivity contribution is 5.88. The van der Waals surface area contributed by atoms with Crippen LogP contribution in [0.25, 0.3) is 0 Å². The quantitative estimate of drug-likeness (QED) is 0.465. The van der Waals surface area contributed by atoms with Crippen LogP contribution in [0.15, 0.2) is 67.4 Å². The normalized spacial score (nSPS) is 12.7. The van der Waals surface area contributed by atoms with Crippen molar-refractivity contribution >= 4 is 11.9 Å². The maximum Gasteiger partial charge on any atom is 0.339 e. The molecule has 0 N–H and O–H groups in total. The number of benzene rings is 1. The van der Waals surface area contributed by atoms with Crippen LogP contribution in [-0.4, -0.2) is 33.1 Å². The van der Waals surface area contributed by atoms with Crippen LogP contribution in [0.4, 0.5) is 0 Å². The zero-order chi connectivity index (χ0) is 22.1. The lowest BCUT2D eigenvalue weighted by Gasteiger charge is -2.25. The monoisotopic (exact) mass is 421 g/mol. The Kier molecular flexibility index (Phi) is 7.92. The van der Waals surface area contributed by atoms with Gasteiger partial charge in [-0.2, -0.15) is 0 Å². The maximum absolute atomic E-state index is 12.9. The number of imidazole rings is 1. The van der Waals surface area contributed by atoms with Gasteiger partial charge < -0.3 is 14.0 Å². The number of hydrogen-bond donors (Lipinski definition) is 0. The molecular formula is C24H27N3O4. The molecule has 2 heterocycles. The molecule has 0 bridgehead atoms. The van der Waals surface area contributed by atoms with Gasteiger partial charge in [-0.15, -0.1) is 0 Å². The summed E-state index contributed by atoms with van der Waals surface area (Å²) in [6.45, 7) is 2.25. The van der Waals surface area contributed by atoms with E-state index in [1.54, 1.807) is 30.9 Å². The molecule has 0 aliphatic carbocycles. The summed E-state index contributed by atoms with van der Waals surface area (Å²) in [4.78, 5) is 33.4. The van der Waals surface area contributed by atoms with E-state index in [0.29, 0.717) is 18.4 Å². The lowest BCUT2D eigenvalue weighted by molar-refractivity contribution is -0.152. The van der Waals surface area contributed by atoms with Crippen molar-refractivity contribution < 1.29 is 19.1 Å².